The van der Waals surface area contributed by atoms with Crippen molar-refractivity contribution in [2.24, 2.45) is 0 Å². The number of aromatic amines is 1. The van der Waals surface area contributed by atoms with Gasteiger partial charge in [-0.05, 0) is 29.5 Å². The number of rotatable bonds is 3. The molecule has 0 saturated carbocycles. The topological polar surface area (TPSA) is 106 Å². The Morgan fingerprint density at radius 2 is 1.96 bits per heavy atom. The fraction of sp³-hybridized carbons (Fsp3) is 0. The Hall–Kier alpha value is -3.49. The van der Waals surface area contributed by atoms with Gasteiger partial charge in [-0.1, -0.05) is 17.3 Å². The molecule has 0 aliphatic heterocycles. The van der Waals surface area contributed by atoms with Crippen LogP contribution in [0.3, 0.4) is 0 Å². The molecule has 23 heavy (non-hydrogen) atoms. The second kappa shape index (κ2) is 5.37. The number of tetrazole rings is 1. The van der Waals surface area contributed by atoms with E-state index in [1.54, 1.807) is 6.07 Å². The number of hydrogen-bond acceptors (Lipinski definition) is 7. The predicted molar refractivity (Wildman–Crippen MR) is 76.1 cm³/mol. The summed E-state index contributed by atoms with van der Waals surface area (Å²) in [5.74, 6) is 0.638. The Kier molecular flexibility index (Phi) is 3.08. The molecular weight excluding hydrogens is 301 g/mol. The van der Waals surface area contributed by atoms with Gasteiger partial charge >= 0.3 is 0 Å². The molecule has 0 amide bonds. The van der Waals surface area contributed by atoms with Crippen molar-refractivity contribution in [2.45, 2.75) is 0 Å². The molecule has 0 aliphatic rings. The third-order valence-electron chi connectivity index (χ3n) is 3.10. The van der Waals surface area contributed by atoms with Crippen LogP contribution in [0, 0.1) is 5.82 Å². The van der Waals surface area contributed by atoms with E-state index < -0.39 is 5.82 Å². The summed E-state index contributed by atoms with van der Waals surface area (Å²) in [6.45, 7) is 0. The zero-order valence-electron chi connectivity index (χ0n) is 11.5. The number of pyridine rings is 1. The van der Waals surface area contributed by atoms with Gasteiger partial charge in [-0.25, -0.2) is 9.37 Å². The first-order chi connectivity index (χ1) is 11.3. The summed E-state index contributed by atoms with van der Waals surface area (Å²) in [7, 11) is 0. The fourth-order valence-electron chi connectivity index (χ4n) is 2.03. The van der Waals surface area contributed by atoms with Crippen molar-refractivity contribution in [2.75, 3.05) is 0 Å². The molecule has 0 saturated heterocycles. The first kappa shape index (κ1) is 13.2. The van der Waals surface area contributed by atoms with Gasteiger partial charge in [0.15, 0.2) is 0 Å². The van der Waals surface area contributed by atoms with Crippen molar-refractivity contribution in [1.29, 1.82) is 0 Å². The van der Waals surface area contributed by atoms with Crippen LogP contribution in [0.2, 0.25) is 0 Å². The number of halogens is 1. The summed E-state index contributed by atoms with van der Waals surface area (Å²) >= 11 is 0. The molecule has 0 aliphatic carbocycles. The lowest BCUT2D eigenvalue weighted by atomic mass is 10.1. The maximum Gasteiger partial charge on any atom is 0.258 e. The summed E-state index contributed by atoms with van der Waals surface area (Å²) < 4.78 is 18.2. The van der Waals surface area contributed by atoms with Crippen LogP contribution in [0.1, 0.15) is 0 Å². The Balaban J connectivity index is 1.69. The Labute approximate surface area is 128 Å². The zero-order valence-corrected chi connectivity index (χ0v) is 11.5. The van der Waals surface area contributed by atoms with Gasteiger partial charge in [0.1, 0.15) is 11.5 Å². The highest BCUT2D eigenvalue weighted by Gasteiger charge is 2.13. The van der Waals surface area contributed by atoms with Crippen molar-refractivity contribution in [1.82, 2.24) is 35.7 Å². The normalized spacial score (nSPS) is 10.8. The van der Waals surface area contributed by atoms with Crippen LogP contribution in [-0.4, -0.2) is 35.7 Å². The quantitative estimate of drug-likeness (QED) is 0.617. The van der Waals surface area contributed by atoms with Crippen molar-refractivity contribution in [3.05, 3.63) is 48.4 Å². The van der Waals surface area contributed by atoms with E-state index in [1.165, 1.54) is 12.1 Å². The van der Waals surface area contributed by atoms with Crippen LogP contribution in [0.15, 0.2) is 47.1 Å². The maximum absolute atomic E-state index is 12.9. The van der Waals surface area contributed by atoms with Gasteiger partial charge in [0, 0.05) is 11.1 Å². The minimum Gasteiger partial charge on any atom is -0.334 e. The van der Waals surface area contributed by atoms with Gasteiger partial charge in [0.25, 0.3) is 5.89 Å². The second-order valence-electron chi connectivity index (χ2n) is 4.60. The van der Waals surface area contributed by atoms with E-state index >= 15 is 0 Å². The van der Waals surface area contributed by atoms with Crippen molar-refractivity contribution in [3.63, 3.8) is 0 Å². The molecule has 8 nitrogen and oxygen atoms in total. The smallest absolute Gasteiger partial charge is 0.258 e. The predicted octanol–water partition coefficient (Wildman–Crippen LogP) is 2.12. The van der Waals surface area contributed by atoms with E-state index in [0.717, 1.165) is 11.8 Å². The lowest BCUT2D eigenvalue weighted by Crippen LogP contribution is -1.87. The van der Waals surface area contributed by atoms with Crippen LogP contribution in [0.5, 0.6) is 0 Å². The molecule has 3 aromatic heterocycles. The van der Waals surface area contributed by atoms with Crippen LogP contribution in [0.25, 0.3) is 34.4 Å². The first-order valence-electron chi connectivity index (χ1n) is 6.59. The summed E-state index contributed by atoms with van der Waals surface area (Å²) in [4.78, 5) is 8.20. The number of nitrogens with zero attached hydrogens (tertiary/aromatic N) is 6. The zero-order chi connectivity index (χ0) is 15.6. The maximum atomic E-state index is 12.9. The monoisotopic (exact) mass is 309 g/mol. The Morgan fingerprint density at radius 3 is 2.74 bits per heavy atom. The summed E-state index contributed by atoms with van der Waals surface area (Å²) in [6, 6.07) is 10.1. The van der Waals surface area contributed by atoms with Crippen molar-refractivity contribution < 1.29 is 8.91 Å². The third kappa shape index (κ3) is 2.55. The standard InChI is InChI=1S/C14H8FN7O/c15-10-4-5-11(16-7-10)13-17-14(23-20-13)9-3-1-2-8(6-9)12-18-21-22-19-12/h1-7H,(H,18,19,21,22). The molecule has 3 heterocycles. The van der Waals surface area contributed by atoms with Crippen LogP contribution in [0.4, 0.5) is 4.39 Å². The molecule has 112 valence electrons. The van der Waals surface area contributed by atoms with Gasteiger partial charge in [0.2, 0.25) is 11.6 Å². The lowest BCUT2D eigenvalue weighted by molar-refractivity contribution is 0.432. The molecule has 0 atom stereocenters. The second-order valence-corrected chi connectivity index (χ2v) is 4.60. The Morgan fingerprint density at radius 1 is 1.04 bits per heavy atom. The van der Waals surface area contributed by atoms with Crippen molar-refractivity contribution >= 4 is 0 Å². The molecule has 4 rings (SSSR count). The minimum absolute atomic E-state index is 0.282. The number of nitrogens with one attached hydrogen (secondary N) is 1. The molecule has 9 heteroatoms. The van der Waals surface area contributed by atoms with E-state index in [1.807, 2.05) is 18.2 Å². The molecule has 0 radical (unpaired) electrons. The average molecular weight is 309 g/mol. The van der Waals surface area contributed by atoms with E-state index in [0.29, 0.717) is 23.0 Å². The molecule has 1 N–H and O–H groups in total. The average Bonchev–Trinajstić information content (AvgIpc) is 3.28. The van der Waals surface area contributed by atoms with Gasteiger partial charge < -0.3 is 4.52 Å². The van der Waals surface area contributed by atoms with Gasteiger partial charge in [-0.15, -0.1) is 10.2 Å². The van der Waals surface area contributed by atoms with E-state index in [-0.39, 0.29) is 5.82 Å². The highest BCUT2D eigenvalue weighted by atomic mass is 19.1. The van der Waals surface area contributed by atoms with E-state index in [4.69, 9.17) is 4.52 Å². The lowest BCUT2D eigenvalue weighted by Gasteiger charge is -1.97. The summed E-state index contributed by atoms with van der Waals surface area (Å²) in [6.07, 6.45) is 1.10. The van der Waals surface area contributed by atoms with E-state index in [2.05, 4.69) is 35.7 Å². The number of benzene rings is 1. The first-order valence-corrected chi connectivity index (χ1v) is 6.59. The molecule has 0 bridgehead atoms. The molecule has 1 aromatic carbocycles. The molecule has 0 unspecified atom stereocenters. The van der Waals surface area contributed by atoms with Crippen molar-refractivity contribution in [3.8, 4) is 34.4 Å². The van der Waals surface area contributed by atoms with Gasteiger partial charge in [-0.3, -0.25) is 0 Å². The molecule has 4 aromatic rings. The minimum atomic E-state index is -0.426. The number of aromatic nitrogens is 7. The molecular formula is C14H8FN7O. The molecule has 0 fully saturated rings. The fourth-order valence-corrected chi connectivity index (χ4v) is 2.03. The highest BCUT2D eigenvalue weighted by Crippen LogP contribution is 2.24. The molecule has 0 spiro atoms. The van der Waals surface area contributed by atoms with Gasteiger partial charge in [-0.2, -0.15) is 10.2 Å². The SMILES string of the molecule is Fc1ccc(-c2noc(-c3cccc(-c4nn[nH]n4)c3)n2)nc1. The van der Waals surface area contributed by atoms with Gasteiger partial charge in [0.05, 0.1) is 6.20 Å². The third-order valence-corrected chi connectivity index (χ3v) is 3.10. The summed E-state index contributed by atoms with van der Waals surface area (Å²) in [5, 5.41) is 17.6. The number of H-pyrrole nitrogens is 1. The van der Waals surface area contributed by atoms with Crippen LogP contribution >= 0.6 is 0 Å². The van der Waals surface area contributed by atoms with Crippen LogP contribution in [-0.2, 0) is 0 Å². The Bertz CT molecular complexity index is 934. The highest BCUT2D eigenvalue weighted by molar-refractivity contribution is 5.65. The summed E-state index contributed by atoms with van der Waals surface area (Å²) in [5.41, 5.74) is 1.89. The largest absolute Gasteiger partial charge is 0.334 e. The van der Waals surface area contributed by atoms with Crippen LogP contribution < -0.4 is 0 Å². The van der Waals surface area contributed by atoms with E-state index in [9.17, 15) is 4.39 Å². The number of hydrogen-bond donors (Lipinski definition) is 1.